The smallest absolute Gasteiger partial charge is 0.0493 e. The van der Waals surface area contributed by atoms with Crippen molar-refractivity contribution in [2.45, 2.75) is 39.7 Å². The van der Waals surface area contributed by atoms with Gasteiger partial charge in [0.1, 0.15) is 0 Å². The number of nitrogens with zero attached hydrogens (tertiary/aromatic N) is 1. The van der Waals surface area contributed by atoms with Crippen LogP contribution in [0.5, 0.6) is 0 Å². The molecule has 1 atom stereocenters. The van der Waals surface area contributed by atoms with Gasteiger partial charge in [0.15, 0.2) is 0 Å². The molecule has 0 aliphatic heterocycles. The molecular formula is C24H29N. The van der Waals surface area contributed by atoms with Crippen LogP contribution in [-0.4, -0.2) is 6.04 Å². The molecule has 1 nitrogen and oxygen atoms in total. The van der Waals surface area contributed by atoms with Crippen LogP contribution in [0, 0.1) is 0 Å². The lowest BCUT2D eigenvalue weighted by Crippen LogP contribution is -2.30. The van der Waals surface area contributed by atoms with Gasteiger partial charge in [-0.1, -0.05) is 61.2 Å². The van der Waals surface area contributed by atoms with E-state index in [1.165, 1.54) is 16.8 Å². The number of allylic oxidation sites excluding steroid dienone is 9. The summed E-state index contributed by atoms with van der Waals surface area (Å²) in [7, 11) is 0. The van der Waals surface area contributed by atoms with E-state index in [2.05, 4.69) is 92.1 Å². The Labute approximate surface area is 153 Å². The van der Waals surface area contributed by atoms with Crippen molar-refractivity contribution in [1.29, 1.82) is 0 Å². The third-order valence-corrected chi connectivity index (χ3v) is 4.30. The second kappa shape index (κ2) is 9.68. The van der Waals surface area contributed by atoms with E-state index < -0.39 is 0 Å². The number of rotatable bonds is 7. The summed E-state index contributed by atoms with van der Waals surface area (Å²) >= 11 is 0. The van der Waals surface area contributed by atoms with Crippen molar-refractivity contribution >= 4 is 11.3 Å². The molecule has 1 aromatic rings. The Hall–Kier alpha value is -2.54. The Morgan fingerprint density at radius 1 is 1.12 bits per heavy atom. The van der Waals surface area contributed by atoms with Crippen molar-refractivity contribution in [2.24, 2.45) is 0 Å². The molecule has 1 unspecified atom stereocenters. The number of benzene rings is 1. The van der Waals surface area contributed by atoms with Gasteiger partial charge in [0.2, 0.25) is 0 Å². The first kappa shape index (κ1) is 18.8. The summed E-state index contributed by atoms with van der Waals surface area (Å²) in [5.41, 5.74) is 4.86. The first-order valence-corrected chi connectivity index (χ1v) is 9.05. The van der Waals surface area contributed by atoms with E-state index in [9.17, 15) is 0 Å². The van der Waals surface area contributed by atoms with Crippen LogP contribution in [0.3, 0.4) is 0 Å². The highest BCUT2D eigenvalue weighted by Gasteiger charge is 2.15. The fourth-order valence-corrected chi connectivity index (χ4v) is 3.07. The van der Waals surface area contributed by atoms with Crippen LogP contribution in [0.2, 0.25) is 0 Å². The number of anilines is 1. The molecule has 130 valence electrons. The third-order valence-electron chi connectivity index (χ3n) is 4.30. The van der Waals surface area contributed by atoms with Gasteiger partial charge < -0.3 is 4.90 Å². The third kappa shape index (κ3) is 4.96. The van der Waals surface area contributed by atoms with Crippen molar-refractivity contribution in [3.63, 3.8) is 0 Å². The lowest BCUT2D eigenvalue weighted by Gasteiger charge is -2.31. The molecule has 0 amide bonds. The molecule has 25 heavy (non-hydrogen) atoms. The van der Waals surface area contributed by atoms with Crippen molar-refractivity contribution in [1.82, 2.24) is 0 Å². The molecule has 0 heterocycles. The highest BCUT2D eigenvalue weighted by Crippen LogP contribution is 2.28. The quantitative estimate of drug-likeness (QED) is 0.390. The Morgan fingerprint density at radius 3 is 2.44 bits per heavy atom. The van der Waals surface area contributed by atoms with E-state index in [-0.39, 0.29) is 6.04 Å². The summed E-state index contributed by atoms with van der Waals surface area (Å²) in [6.45, 7) is 10.3. The predicted octanol–water partition coefficient (Wildman–Crippen LogP) is 6.84. The molecule has 1 aliphatic rings. The largest absolute Gasteiger partial charge is 0.335 e. The zero-order valence-electron chi connectivity index (χ0n) is 15.7. The molecular weight excluding hydrogens is 302 g/mol. The minimum Gasteiger partial charge on any atom is -0.335 e. The number of hydrogen-bond acceptors (Lipinski definition) is 1. The average Bonchev–Trinajstić information content (AvgIpc) is 2.66. The Kier molecular flexibility index (Phi) is 7.28. The zero-order chi connectivity index (χ0) is 18.1. The molecule has 0 N–H and O–H groups in total. The normalized spacial score (nSPS) is 16.3. The molecule has 1 aromatic carbocycles. The standard InChI is InChI=1S/C24H29N/c1-5-8-15-23(7-3)25(20(4)12-6-2)24-18-16-22(17-19-24)21-13-10-9-11-14-21/h5-8,10,12-20H,3,9,11H2,1-2,4H3/b8-5-,12-6-,23-15+. The molecule has 1 heteroatoms. The van der Waals surface area contributed by atoms with Crippen LogP contribution in [0.15, 0.2) is 91.2 Å². The fourth-order valence-electron chi connectivity index (χ4n) is 3.07. The maximum atomic E-state index is 4.01. The van der Waals surface area contributed by atoms with Crippen LogP contribution >= 0.6 is 0 Å². The SMILES string of the molecule is C=C/C(=C\C=C/C)N(c1ccc(C2=CCCC=C2)cc1)C(C)/C=C\C. The summed E-state index contributed by atoms with van der Waals surface area (Å²) in [5, 5.41) is 0. The van der Waals surface area contributed by atoms with Gasteiger partial charge in [-0.25, -0.2) is 0 Å². The molecule has 0 bridgehead atoms. The lowest BCUT2D eigenvalue weighted by molar-refractivity contribution is 0.833. The predicted molar refractivity (Wildman–Crippen MR) is 113 cm³/mol. The minimum atomic E-state index is 0.249. The first-order chi connectivity index (χ1) is 12.2. The van der Waals surface area contributed by atoms with E-state index in [0.29, 0.717) is 0 Å². The molecule has 0 radical (unpaired) electrons. The van der Waals surface area contributed by atoms with Crippen molar-refractivity contribution < 1.29 is 0 Å². The summed E-state index contributed by atoms with van der Waals surface area (Å²) in [5.74, 6) is 0. The second-order valence-corrected chi connectivity index (χ2v) is 6.14. The Bertz CT molecular complexity index is 711. The van der Waals surface area contributed by atoms with Gasteiger partial charge >= 0.3 is 0 Å². The zero-order valence-corrected chi connectivity index (χ0v) is 15.7. The van der Waals surface area contributed by atoms with E-state index in [0.717, 1.165) is 18.5 Å². The van der Waals surface area contributed by atoms with Crippen molar-refractivity contribution in [3.8, 4) is 0 Å². The maximum Gasteiger partial charge on any atom is 0.0493 e. The lowest BCUT2D eigenvalue weighted by atomic mass is 9.99. The van der Waals surface area contributed by atoms with Gasteiger partial charge in [0.05, 0.1) is 0 Å². The Morgan fingerprint density at radius 2 is 1.88 bits per heavy atom. The summed E-state index contributed by atoms with van der Waals surface area (Å²) in [6, 6.07) is 9.07. The maximum absolute atomic E-state index is 4.01. The van der Waals surface area contributed by atoms with Crippen molar-refractivity contribution in [2.75, 3.05) is 4.90 Å². The van der Waals surface area contributed by atoms with Gasteiger partial charge in [0.25, 0.3) is 0 Å². The number of hydrogen-bond donors (Lipinski definition) is 0. The van der Waals surface area contributed by atoms with Gasteiger partial charge in [-0.2, -0.15) is 0 Å². The van der Waals surface area contributed by atoms with E-state index >= 15 is 0 Å². The summed E-state index contributed by atoms with van der Waals surface area (Å²) < 4.78 is 0. The van der Waals surface area contributed by atoms with Crippen LogP contribution in [0.1, 0.15) is 39.2 Å². The topological polar surface area (TPSA) is 3.24 Å². The van der Waals surface area contributed by atoms with E-state index in [1.54, 1.807) is 0 Å². The highest BCUT2D eigenvalue weighted by molar-refractivity contribution is 5.76. The van der Waals surface area contributed by atoms with Crippen LogP contribution < -0.4 is 4.90 Å². The van der Waals surface area contributed by atoms with Gasteiger partial charge in [-0.15, -0.1) is 0 Å². The van der Waals surface area contributed by atoms with E-state index in [1.807, 2.05) is 19.1 Å². The van der Waals surface area contributed by atoms with Gasteiger partial charge in [-0.05, 0) is 69.0 Å². The fraction of sp³-hybridized carbons (Fsp3) is 0.250. The highest BCUT2D eigenvalue weighted by atomic mass is 15.2. The molecule has 0 saturated carbocycles. The van der Waals surface area contributed by atoms with Crippen LogP contribution in [0.25, 0.3) is 5.57 Å². The molecule has 0 spiro atoms. The first-order valence-electron chi connectivity index (χ1n) is 9.05. The van der Waals surface area contributed by atoms with Crippen LogP contribution in [-0.2, 0) is 0 Å². The molecule has 0 aromatic heterocycles. The minimum absolute atomic E-state index is 0.249. The summed E-state index contributed by atoms with van der Waals surface area (Å²) in [4.78, 5) is 2.31. The molecule has 0 fully saturated rings. The Balaban J connectivity index is 2.38. The summed E-state index contributed by atoms with van der Waals surface area (Å²) in [6.07, 6.45) is 21.5. The van der Waals surface area contributed by atoms with Gasteiger partial charge in [-0.3, -0.25) is 0 Å². The van der Waals surface area contributed by atoms with Gasteiger partial charge in [0, 0.05) is 17.4 Å². The van der Waals surface area contributed by atoms with Crippen molar-refractivity contribution in [3.05, 3.63) is 96.8 Å². The molecule has 0 saturated heterocycles. The van der Waals surface area contributed by atoms with Crippen LogP contribution in [0.4, 0.5) is 5.69 Å². The average molecular weight is 332 g/mol. The second-order valence-electron chi connectivity index (χ2n) is 6.14. The molecule has 2 rings (SSSR count). The van der Waals surface area contributed by atoms with E-state index in [4.69, 9.17) is 0 Å². The molecule has 1 aliphatic carbocycles. The monoisotopic (exact) mass is 331 g/mol.